The molecule has 2 N–H and O–H groups in total. The Morgan fingerprint density at radius 1 is 1.08 bits per heavy atom. The fraction of sp³-hybridized carbons (Fsp3) is 0.316. The maximum Gasteiger partial charge on any atom is 0.241 e. The third kappa shape index (κ3) is 4.90. The summed E-state index contributed by atoms with van der Waals surface area (Å²) in [6.45, 7) is 1.89. The molecule has 3 rings (SSSR count). The molecule has 1 aliphatic carbocycles. The van der Waals surface area contributed by atoms with Gasteiger partial charge in [-0.05, 0) is 43.9 Å². The molecule has 0 aromatic heterocycles. The highest BCUT2D eigenvalue weighted by Gasteiger charge is 2.30. The molecule has 1 aliphatic rings. The van der Waals surface area contributed by atoms with E-state index < -0.39 is 16.1 Å². The summed E-state index contributed by atoms with van der Waals surface area (Å²) in [6.07, 6.45) is 2.22. The van der Waals surface area contributed by atoms with Crippen molar-refractivity contribution in [2.75, 3.05) is 0 Å². The standard InChI is InChI=1S/C19H22N2O3S/c1-14-7-11-17(12-8-14)25(23,24)21-18(19(22)20-16-9-10-16)13-15-5-3-2-4-6-15/h2-8,11-12,16,18,21H,9-10,13H2,1H3,(H,20,22)/t18-/m0/s1. The highest BCUT2D eigenvalue weighted by molar-refractivity contribution is 7.89. The highest BCUT2D eigenvalue weighted by Crippen LogP contribution is 2.19. The van der Waals surface area contributed by atoms with Crippen LogP contribution >= 0.6 is 0 Å². The Morgan fingerprint density at radius 2 is 1.72 bits per heavy atom. The topological polar surface area (TPSA) is 75.3 Å². The van der Waals surface area contributed by atoms with Crippen molar-refractivity contribution in [3.05, 3.63) is 65.7 Å². The van der Waals surface area contributed by atoms with E-state index in [0.717, 1.165) is 24.0 Å². The molecule has 0 bridgehead atoms. The van der Waals surface area contributed by atoms with Crippen molar-refractivity contribution < 1.29 is 13.2 Å². The SMILES string of the molecule is Cc1ccc(S(=O)(=O)N[C@@H](Cc2ccccc2)C(=O)NC2CC2)cc1. The van der Waals surface area contributed by atoms with Crippen LogP contribution in [0.15, 0.2) is 59.5 Å². The van der Waals surface area contributed by atoms with Crippen molar-refractivity contribution in [2.45, 2.75) is 43.2 Å². The van der Waals surface area contributed by atoms with Crippen LogP contribution < -0.4 is 10.0 Å². The third-order valence-electron chi connectivity index (χ3n) is 4.15. The van der Waals surface area contributed by atoms with Crippen LogP contribution in [0.5, 0.6) is 0 Å². The van der Waals surface area contributed by atoms with Crippen molar-refractivity contribution in [3.8, 4) is 0 Å². The molecule has 1 fully saturated rings. The molecule has 1 amide bonds. The Morgan fingerprint density at radius 3 is 2.32 bits per heavy atom. The lowest BCUT2D eigenvalue weighted by atomic mass is 10.1. The zero-order chi connectivity index (χ0) is 17.9. The Hall–Kier alpha value is -2.18. The summed E-state index contributed by atoms with van der Waals surface area (Å²) in [5.41, 5.74) is 1.89. The van der Waals surface area contributed by atoms with Gasteiger partial charge in [-0.15, -0.1) is 0 Å². The number of amides is 1. The van der Waals surface area contributed by atoms with Gasteiger partial charge in [0.05, 0.1) is 4.90 Å². The minimum Gasteiger partial charge on any atom is -0.352 e. The second-order valence-electron chi connectivity index (χ2n) is 6.46. The summed E-state index contributed by atoms with van der Waals surface area (Å²) in [5.74, 6) is -0.276. The number of aryl methyl sites for hydroxylation is 1. The molecule has 0 aliphatic heterocycles. The maximum atomic E-state index is 12.7. The summed E-state index contributed by atoms with van der Waals surface area (Å²) in [4.78, 5) is 12.7. The van der Waals surface area contributed by atoms with Crippen LogP contribution in [-0.2, 0) is 21.2 Å². The van der Waals surface area contributed by atoms with E-state index in [1.807, 2.05) is 37.3 Å². The fourth-order valence-corrected chi connectivity index (χ4v) is 3.74. The van der Waals surface area contributed by atoms with E-state index >= 15 is 0 Å². The molecular formula is C19H22N2O3S. The summed E-state index contributed by atoms with van der Waals surface area (Å²) in [7, 11) is -3.77. The highest BCUT2D eigenvalue weighted by atomic mass is 32.2. The van der Waals surface area contributed by atoms with Crippen molar-refractivity contribution in [1.82, 2.24) is 10.0 Å². The number of rotatable bonds is 7. The Balaban J connectivity index is 1.80. The first kappa shape index (κ1) is 17.6. The molecular weight excluding hydrogens is 336 g/mol. The largest absolute Gasteiger partial charge is 0.352 e. The predicted octanol–water partition coefficient (Wildman–Crippen LogP) is 2.16. The summed E-state index contributed by atoms with van der Waals surface area (Å²) in [5, 5.41) is 2.89. The van der Waals surface area contributed by atoms with E-state index in [0.29, 0.717) is 6.42 Å². The average Bonchev–Trinajstić information content (AvgIpc) is 3.39. The zero-order valence-corrected chi connectivity index (χ0v) is 14.9. The molecule has 0 radical (unpaired) electrons. The van der Waals surface area contributed by atoms with Crippen molar-refractivity contribution in [1.29, 1.82) is 0 Å². The zero-order valence-electron chi connectivity index (χ0n) is 14.1. The van der Waals surface area contributed by atoms with E-state index in [1.54, 1.807) is 24.3 Å². The second-order valence-corrected chi connectivity index (χ2v) is 8.17. The molecule has 0 saturated heterocycles. The molecule has 132 valence electrons. The first-order chi connectivity index (χ1) is 11.9. The van der Waals surface area contributed by atoms with Gasteiger partial charge >= 0.3 is 0 Å². The number of hydrogen-bond acceptors (Lipinski definition) is 3. The Kier molecular flexibility index (Phi) is 5.20. The molecule has 2 aromatic rings. The van der Waals surface area contributed by atoms with Crippen LogP contribution in [-0.4, -0.2) is 26.4 Å². The van der Waals surface area contributed by atoms with Gasteiger partial charge in [-0.1, -0.05) is 48.0 Å². The van der Waals surface area contributed by atoms with Crippen LogP contribution in [0.3, 0.4) is 0 Å². The first-order valence-electron chi connectivity index (χ1n) is 8.37. The summed E-state index contributed by atoms with van der Waals surface area (Å²) in [6, 6.07) is 15.3. The van der Waals surface area contributed by atoms with Gasteiger partial charge in [0.25, 0.3) is 0 Å². The van der Waals surface area contributed by atoms with Crippen LogP contribution in [0, 0.1) is 6.92 Å². The molecule has 2 aromatic carbocycles. The monoisotopic (exact) mass is 358 g/mol. The number of hydrogen-bond donors (Lipinski definition) is 2. The van der Waals surface area contributed by atoms with Gasteiger partial charge in [-0.3, -0.25) is 4.79 Å². The lowest BCUT2D eigenvalue weighted by Gasteiger charge is -2.19. The Labute approximate surface area is 148 Å². The van der Waals surface area contributed by atoms with Crippen molar-refractivity contribution in [2.24, 2.45) is 0 Å². The fourth-order valence-electron chi connectivity index (χ4n) is 2.54. The smallest absolute Gasteiger partial charge is 0.241 e. The van der Waals surface area contributed by atoms with Crippen LogP contribution in [0.4, 0.5) is 0 Å². The summed E-state index contributed by atoms with van der Waals surface area (Å²) >= 11 is 0. The van der Waals surface area contributed by atoms with E-state index in [1.165, 1.54) is 0 Å². The lowest BCUT2D eigenvalue weighted by Crippen LogP contribution is -2.48. The van der Waals surface area contributed by atoms with Crippen LogP contribution in [0.2, 0.25) is 0 Å². The quantitative estimate of drug-likeness (QED) is 0.796. The van der Waals surface area contributed by atoms with E-state index in [-0.39, 0.29) is 16.8 Å². The van der Waals surface area contributed by atoms with Gasteiger partial charge in [0.2, 0.25) is 15.9 Å². The third-order valence-corrected chi connectivity index (χ3v) is 5.64. The van der Waals surface area contributed by atoms with Gasteiger partial charge in [0, 0.05) is 6.04 Å². The minimum atomic E-state index is -3.77. The predicted molar refractivity (Wildman–Crippen MR) is 96.6 cm³/mol. The second kappa shape index (κ2) is 7.37. The minimum absolute atomic E-state index is 0.162. The molecule has 1 atom stereocenters. The van der Waals surface area contributed by atoms with Crippen LogP contribution in [0.25, 0.3) is 0 Å². The van der Waals surface area contributed by atoms with Gasteiger partial charge in [0.15, 0.2) is 0 Å². The number of carbonyl (C=O) groups is 1. The van der Waals surface area contributed by atoms with Gasteiger partial charge in [-0.2, -0.15) is 4.72 Å². The number of sulfonamides is 1. The van der Waals surface area contributed by atoms with Crippen molar-refractivity contribution >= 4 is 15.9 Å². The van der Waals surface area contributed by atoms with Gasteiger partial charge in [0.1, 0.15) is 6.04 Å². The van der Waals surface area contributed by atoms with Gasteiger partial charge < -0.3 is 5.32 Å². The molecule has 5 nitrogen and oxygen atoms in total. The number of nitrogens with one attached hydrogen (secondary N) is 2. The first-order valence-corrected chi connectivity index (χ1v) is 9.86. The molecule has 1 saturated carbocycles. The van der Waals surface area contributed by atoms with E-state index in [2.05, 4.69) is 10.0 Å². The lowest BCUT2D eigenvalue weighted by molar-refractivity contribution is -0.122. The normalized spacial score (nSPS) is 15.6. The Bertz CT molecular complexity index is 829. The van der Waals surface area contributed by atoms with E-state index in [9.17, 15) is 13.2 Å². The average molecular weight is 358 g/mol. The number of benzene rings is 2. The maximum absolute atomic E-state index is 12.7. The van der Waals surface area contributed by atoms with Crippen LogP contribution in [0.1, 0.15) is 24.0 Å². The van der Waals surface area contributed by atoms with Gasteiger partial charge in [-0.25, -0.2) is 8.42 Å². The van der Waals surface area contributed by atoms with E-state index in [4.69, 9.17) is 0 Å². The molecule has 6 heteroatoms. The number of carbonyl (C=O) groups excluding carboxylic acids is 1. The molecule has 0 unspecified atom stereocenters. The summed E-state index contributed by atoms with van der Waals surface area (Å²) < 4.78 is 27.9. The van der Waals surface area contributed by atoms with Crippen molar-refractivity contribution in [3.63, 3.8) is 0 Å². The molecule has 0 heterocycles. The molecule has 25 heavy (non-hydrogen) atoms. The molecule has 0 spiro atoms.